The number of carboxylic acids is 1. The fourth-order valence-electron chi connectivity index (χ4n) is 1.37. The van der Waals surface area contributed by atoms with E-state index in [0.29, 0.717) is 4.47 Å². The van der Waals surface area contributed by atoms with Gasteiger partial charge in [-0.25, -0.2) is 4.79 Å². The van der Waals surface area contributed by atoms with E-state index in [0.717, 1.165) is 0 Å². The van der Waals surface area contributed by atoms with Crippen molar-refractivity contribution in [3.63, 3.8) is 0 Å². The highest BCUT2D eigenvalue weighted by Gasteiger charge is 2.26. The number of rotatable bonds is 4. The maximum absolute atomic E-state index is 11.9. The first-order valence-corrected chi connectivity index (χ1v) is 6.44. The summed E-state index contributed by atoms with van der Waals surface area (Å²) in [6, 6.07) is 4.69. The van der Waals surface area contributed by atoms with Gasteiger partial charge in [0, 0.05) is 15.6 Å². The summed E-state index contributed by atoms with van der Waals surface area (Å²) in [6.07, 6.45) is -1.73. The Labute approximate surface area is 115 Å². The number of halogens is 2. The molecule has 1 aromatic carbocycles. The number of benzene rings is 1. The van der Waals surface area contributed by atoms with Crippen molar-refractivity contribution in [2.45, 2.75) is 17.9 Å². The third kappa shape index (κ3) is 3.14. The highest BCUT2D eigenvalue weighted by Crippen LogP contribution is 2.29. The maximum Gasteiger partial charge on any atom is 0.337 e. The number of carbonyl (C=O) groups is 2. The average molecular weight is 366 g/mol. The number of carbonyl (C=O) groups excluding carboxylic acids is 1. The Balaban J connectivity index is 3.36. The van der Waals surface area contributed by atoms with Crippen LogP contribution in [0.3, 0.4) is 0 Å². The summed E-state index contributed by atoms with van der Waals surface area (Å²) >= 11 is 6.27. The third-order valence-corrected chi connectivity index (χ3v) is 3.29. The summed E-state index contributed by atoms with van der Waals surface area (Å²) in [4.78, 5) is 22.2. The molecule has 1 aromatic rings. The Morgan fingerprint density at radius 1 is 1.35 bits per heavy atom. The van der Waals surface area contributed by atoms with Crippen LogP contribution in [0.1, 0.15) is 28.9 Å². The van der Waals surface area contributed by atoms with Gasteiger partial charge in [0.2, 0.25) is 0 Å². The highest BCUT2D eigenvalue weighted by atomic mass is 79.9. The van der Waals surface area contributed by atoms with Crippen LogP contribution in [0.25, 0.3) is 0 Å². The number of hydrogen-bond acceptors (Lipinski definition) is 3. The Hall–Kier alpha value is -0.720. The molecule has 0 heterocycles. The zero-order valence-corrected chi connectivity index (χ0v) is 12.0. The Morgan fingerprint density at radius 2 is 1.94 bits per heavy atom. The summed E-state index contributed by atoms with van der Waals surface area (Å²) < 4.78 is 0.395. The molecule has 2 unspecified atom stereocenters. The monoisotopic (exact) mass is 364 g/mol. The first kappa shape index (κ1) is 14.3. The van der Waals surface area contributed by atoms with Crippen molar-refractivity contribution in [2.75, 3.05) is 0 Å². The highest BCUT2D eigenvalue weighted by molar-refractivity contribution is 9.10. The number of alkyl halides is 1. The molecule has 2 N–H and O–H groups in total. The maximum atomic E-state index is 11.9. The van der Waals surface area contributed by atoms with Gasteiger partial charge in [0.15, 0.2) is 11.9 Å². The molecule has 17 heavy (non-hydrogen) atoms. The fourth-order valence-corrected chi connectivity index (χ4v) is 2.20. The van der Waals surface area contributed by atoms with Crippen LogP contribution in [-0.4, -0.2) is 26.8 Å². The van der Waals surface area contributed by atoms with Gasteiger partial charge in [-0.15, -0.1) is 0 Å². The minimum Gasteiger partial charge on any atom is -0.479 e. The van der Waals surface area contributed by atoms with Gasteiger partial charge in [-0.05, 0) is 13.0 Å². The second-order valence-corrected chi connectivity index (χ2v) is 5.65. The second kappa shape index (κ2) is 5.75. The van der Waals surface area contributed by atoms with Crippen molar-refractivity contribution >= 4 is 43.6 Å². The van der Waals surface area contributed by atoms with E-state index in [4.69, 9.17) is 5.11 Å². The molecule has 92 valence electrons. The smallest absolute Gasteiger partial charge is 0.337 e. The summed E-state index contributed by atoms with van der Waals surface area (Å²) in [5.41, 5.74) is 0.273. The van der Waals surface area contributed by atoms with E-state index in [1.54, 1.807) is 19.1 Å². The summed E-state index contributed by atoms with van der Waals surface area (Å²) in [5, 5.41) is 18.4. The molecule has 4 nitrogen and oxygen atoms in total. The molecule has 2 atom stereocenters. The number of aliphatic hydroxyl groups excluding tert-OH is 1. The number of Topliss-reactive ketones (excluding diaryl/α,β-unsaturated/α-hetero) is 1. The molecular formula is C11H10Br2O4. The molecule has 0 saturated carbocycles. The number of hydrogen-bond donors (Lipinski definition) is 2. The minimum atomic E-state index is -1.73. The van der Waals surface area contributed by atoms with Crippen molar-refractivity contribution in [1.82, 2.24) is 0 Å². The molecule has 0 bridgehead atoms. The lowest BCUT2D eigenvalue weighted by Crippen LogP contribution is -2.19. The zero-order valence-electron chi connectivity index (χ0n) is 8.85. The Kier molecular flexibility index (Phi) is 4.85. The van der Waals surface area contributed by atoms with Crippen LogP contribution in [0, 0.1) is 0 Å². The van der Waals surface area contributed by atoms with Crippen molar-refractivity contribution < 1.29 is 19.8 Å². The molecule has 0 amide bonds. The number of aliphatic carboxylic acids is 1. The van der Waals surface area contributed by atoms with E-state index in [1.165, 1.54) is 6.07 Å². The molecule has 0 aliphatic rings. The van der Waals surface area contributed by atoms with Gasteiger partial charge in [0.25, 0.3) is 0 Å². The van der Waals surface area contributed by atoms with Crippen molar-refractivity contribution in [3.05, 3.63) is 33.8 Å². The number of ketones is 1. The summed E-state index contributed by atoms with van der Waals surface area (Å²) in [6.45, 7) is 1.64. The third-order valence-electron chi connectivity index (χ3n) is 2.19. The van der Waals surface area contributed by atoms with Crippen LogP contribution in [0.4, 0.5) is 0 Å². The molecule has 0 aliphatic carbocycles. The number of carboxylic acid groups (broad SMARTS) is 1. The molecule has 6 heteroatoms. The topological polar surface area (TPSA) is 74.6 Å². The second-order valence-electron chi connectivity index (χ2n) is 3.42. The molecule has 0 fully saturated rings. The molecule has 0 aromatic heterocycles. The minimum absolute atomic E-state index is 0.0799. The van der Waals surface area contributed by atoms with Crippen molar-refractivity contribution in [1.29, 1.82) is 0 Å². The van der Waals surface area contributed by atoms with Crippen LogP contribution in [0.5, 0.6) is 0 Å². The van der Waals surface area contributed by atoms with Crippen molar-refractivity contribution in [3.8, 4) is 0 Å². The lowest BCUT2D eigenvalue weighted by molar-refractivity contribution is -0.147. The zero-order chi connectivity index (χ0) is 13.2. The predicted octanol–water partition coefficient (Wildman–Crippen LogP) is 2.53. The Bertz CT molecular complexity index is 457. The average Bonchev–Trinajstić information content (AvgIpc) is 2.26. The summed E-state index contributed by atoms with van der Waals surface area (Å²) in [7, 11) is 0. The molecule has 0 saturated heterocycles. The molecule has 0 aliphatic heterocycles. The first-order chi connectivity index (χ1) is 7.86. The lowest BCUT2D eigenvalue weighted by Gasteiger charge is -2.14. The van der Waals surface area contributed by atoms with Crippen LogP contribution in [-0.2, 0) is 4.79 Å². The van der Waals surface area contributed by atoms with E-state index >= 15 is 0 Å². The van der Waals surface area contributed by atoms with Crippen molar-refractivity contribution in [2.24, 2.45) is 0 Å². The quantitative estimate of drug-likeness (QED) is 0.635. The van der Waals surface area contributed by atoms with E-state index in [-0.39, 0.29) is 16.9 Å². The SMILES string of the molecule is CC(Br)C(=O)c1cccc(Br)c1C(O)C(=O)O. The number of aliphatic hydroxyl groups is 1. The van der Waals surface area contributed by atoms with E-state index in [1.807, 2.05) is 0 Å². The van der Waals surface area contributed by atoms with Crippen LogP contribution in [0.2, 0.25) is 0 Å². The van der Waals surface area contributed by atoms with Gasteiger partial charge in [-0.3, -0.25) is 4.79 Å². The molecular weight excluding hydrogens is 356 g/mol. The molecule has 0 spiro atoms. The van der Waals surface area contributed by atoms with Crippen LogP contribution < -0.4 is 0 Å². The molecule has 1 rings (SSSR count). The van der Waals surface area contributed by atoms with Gasteiger partial charge in [-0.1, -0.05) is 44.0 Å². The fraction of sp³-hybridized carbons (Fsp3) is 0.273. The summed E-state index contributed by atoms with van der Waals surface area (Å²) in [5.74, 6) is -1.67. The van der Waals surface area contributed by atoms with E-state index in [9.17, 15) is 14.7 Å². The van der Waals surface area contributed by atoms with Gasteiger partial charge in [0.1, 0.15) is 0 Å². The van der Waals surface area contributed by atoms with Crippen LogP contribution >= 0.6 is 31.9 Å². The Morgan fingerprint density at radius 3 is 2.41 bits per heavy atom. The van der Waals surface area contributed by atoms with Gasteiger partial charge in [0.05, 0.1) is 4.83 Å². The van der Waals surface area contributed by atoms with Crippen LogP contribution in [0.15, 0.2) is 22.7 Å². The lowest BCUT2D eigenvalue weighted by atomic mass is 9.98. The van der Waals surface area contributed by atoms with Gasteiger partial charge < -0.3 is 10.2 Å². The van der Waals surface area contributed by atoms with E-state index in [2.05, 4.69) is 31.9 Å². The largest absolute Gasteiger partial charge is 0.479 e. The van der Waals surface area contributed by atoms with E-state index < -0.39 is 16.9 Å². The predicted molar refractivity (Wildman–Crippen MR) is 69.5 cm³/mol. The van der Waals surface area contributed by atoms with Gasteiger partial charge in [-0.2, -0.15) is 0 Å². The molecule has 0 radical (unpaired) electrons. The first-order valence-electron chi connectivity index (χ1n) is 4.73. The standard InChI is InChI=1S/C11H10Br2O4/c1-5(12)9(14)6-3-2-4-7(13)8(6)10(15)11(16)17/h2-5,10,15H,1H3,(H,16,17). The van der Waals surface area contributed by atoms with Gasteiger partial charge >= 0.3 is 5.97 Å². The normalized spacial score (nSPS) is 14.1.